The highest BCUT2D eigenvalue weighted by Crippen LogP contribution is 2.44. The average molecular weight is 186 g/mol. The highest BCUT2D eigenvalue weighted by Gasteiger charge is 2.47. The van der Waals surface area contributed by atoms with Gasteiger partial charge in [-0.05, 0) is 20.3 Å². The first-order valence-corrected chi connectivity index (χ1v) is 4.95. The maximum atomic E-state index is 5.75. The summed E-state index contributed by atoms with van der Waals surface area (Å²) in [6.45, 7) is 5.91. The molecule has 68 valence electrons. The van der Waals surface area contributed by atoms with Crippen molar-refractivity contribution in [3.8, 4) is 0 Å². The Balaban J connectivity index is 2.20. The lowest BCUT2D eigenvalue weighted by atomic mass is 9.89. The van der Waals surface area contributed by atoms with Gasteiger partial charge in [0.1, 0.15) is 0 Å². The Labute approximate surface area is 76.8 Å². The molecule has 2 rings (SSSR count). The standard InChI is InChI=1S/C8H14N2OS/c1-7(2)3-8(4-11-5-8)12-6(9)10-7/h3-5H2,1-2H3,(H2,9,10). The molecule has 1 spiro atoms. The molecule has 0 amide bonds. The van der Waals surface area contributed by atoms with Crippen LogP contribution in [0.2, 0.25) is 0 Å². The molecule has 2 heterocycles. The first-order valence-electron chi connectivity index (χ1n) is 4.14. The second-order valence-electron chi connectivity index (χ2n) is 4.22. The molecule has 2 N–H and O–H groups in total. The maximum absolute atomic E-state index is 5.75. The lowest BCUT2D eigenvalue weighted by molar-refractivity contribution is -0.0194. The quantitative estimate of drug-likeness (QED) is 0.613. The van der Waals surface area contributed by atoms with Crippen LogP contribution in [0.25, 0.3) is 0 Å². The molecule has 2 aliphatic heterocycles. The molecule has 12 heavy (non-hydrogen) atoms. The van der Waals surface area contributed by atoms with E-state index in [-0.39, 0.29) is 10.3 Å². The zero-order chi connectivity index (χ0) is 8.82. The van der Waals surface area contributed by atoms with Crippen molar-refractivity contribution >= 4 is 16.9 Å². The first kappa shape index (κ1) is 8.38. The minimum Gasteiger partial charge on any atom is -0.379 e. The Kier molecular flexibility index (Phi) is 1.67. The summed E-state index contributed by atoms with van der Waals surface area (Å²) in [6.07, 6.45) is 1.07. The van der Waals surface area contributed by atoms with E-state index in [1.54, 1.807) is 11.8 Å². The third-order valence-corrected chi connectivity index (χ3v) is 3.33. The maximum Gasteiger partial charge on any atom is 0.155 e. The van der Waals surface area contributed by atoms with Crippen molar-refractivity contribution in [1.82, 2.24) is 0 Å². The van der Waals surface area contributed by atoms with Crippen LogP contribution in [0.5, 0.6) is 0 Å². The van der Waals surface area contributed by atoms with E-state index in [4.69, 9.17) is 10.5 Å². The van der Waals surface area contributed by atoms with Gasteiger partial charge in [0.25, 0.3) is 0 Å². The van der Waals surface area contributed by atoms with Gasteiger partial charge in [-0.25, -0.2) is 0 Å². The number of hydrogen-bond acceptors (Lipinski definition) is 4. The van der Waals surface area contributed by atoms with E-state index in [0.717, 1.165) is 24.8 Å². The highest BCUT2D eigenvalue weighted by atomic mass is 32.2. The second kappa shape index (κ2) is 2.39. The van der Waals surface area contributed by atoms with Crippen molar-refractivity contribution in [1.29, 1.82) is 0 Å². The molecule has 2 aliphatic rings. The number of ether oxygens (including phenoxy) is 1. The fourth-order valence-electron chi connectivity index (χ4n) is 1.90. The van der Waals surface area contributed by atoms with Crippen LogP contribution in [0, 0.1) is 0 Å². The summed E-state index contributed by atoms with van der Waals surface area (Å²) in [5, 5.41) is 0.717. The van der Waals surface area contributed by atoms with Gasteiger partial charge in [0.15, 0.2) is 5.17 Å². The molecule has 1 saturated heterocycles. The zero-order valence-corrected chi connectivity index (χ0v) is 8.28. The second-order valence-corrected chi connectivity index (χ2v) is 5.71. The molecule has 3 nitrogen and oxygen atoms in total. The predicted octanol–water partition coefficient (Wildman–Crippen LogP) is 0.986. The molecule has 0 aromatic rings. The van der Waals surface area contributed by atoms with E-state index >= 15 is 0 Å². The molecule has 0 aromatic heterocycles. The molecule has 0 bridgehead atoms. The summed E-state index contributed by atoms with van der Waals surface area (Å²) >= 11 is 1.68. The highest BCUT2D eigenvalue weighted by molar-refractivity contribution is 8.15. The molecule has 0 saturated carbocycles. The molecule has 0 aromatic carbocycles. The number of nitrogens with two attached hydrogens (primary N) is 1. The summed E-state index contributed by atoms with van der Waals surface area (Å²) in [5.41, 5.74) is 5.75. The first-order chi connectivity index (χ1) is 5.52. The van der Waals surface area contributed by atoms with E-state index in [2.05, 4.69) is 18.8 Å². The molecule has 4 heteroatoms. The summed E-state index contributed by atoms with van der Waals surface area (Å²) in [7, 11) is 0. The number of thioether (sulfide) groups is 1. The van der Waals surface area contributed by atoms with Gasteiger partial charge in [0.05, 0.1) is 23.5 Å². The number of nitrogens with zero attached hydrogens (tertiary/aromatic N) is 1. The monoisotopic (exact) mass is 186 g/mol. The summed E-state index contributed by atoms with van der Waals surface area (Å²) < 4.78 is 5.47. The van der Waals surface area contributed by atoms with Crippen molar-refractivity contribution in [2.24, 2.45) is 10.7 Å². The van der Waals surface area contributed by atoms with Gasteiger partial charge in [0.2, 0.25) is 0 Å². The summed E-state index contributed by atoms with van der Waals surface area (Å²) in [6, 6.07) is 0. The zero-order valence-electron chi connectivity index (χ0n) is 7.46. The van der Waals surface area contributed by atoms with Crippen LogP contribution < -0.4 is 5.73 Å². The van der Waals surface area contributed by atoms with Gasteiger partial charge in [0, 0.05) is 0 Å². The minimum atomic E-state index is -0.000880. The third-order valence-electron chi connectivity index (χ3n) is 2.22. The number of hydrogen-bond donors (Lipinski definition) is 1. The molecule has 0 radical (unpaired) electrons. The van der Waals surface area contributed by atoms with Crippen molar-refractivity contribution < 1.29 is 4.74 Å². The van der Waals surface area contributed by atoms with Gasteiger partial charge < -0.3 is 10.5 Å². The lowest BCUT2D eigenvalue weighted by Gasteiger charge is -2.46. The Morgan fingerprint density at radius 1 is 1.50 bits per heavy atom. The fraction of sp³-hybridized carbons (Fsp3) is 0.875. The van der Waals surface area contributed by atoms with Crippen molar-refractivity contribution in [2.45, 2.75) is 30.6 Å². The molecule has 0 atom stereocenters. The van der Waals surface area contributed by atoms with E-state index < -0.39 is 0 Å². The summed E-state index contributed by atoms with van der Waals surface area (Å²) in [5.74, 6) is 0. The van der Waals surface area contributed by atoms with Crippen LogP contribution in [-0.4, -0.2) is 28.7 Å². The number of rotatable bonds is 0. The van der Waals surface area contributed by atoms with Gasteiger partial charge in [-0.1, -0.05) is 11.8 Å². The number of aliphatic imine (C=N–C) groups is 1. The largest absolute Gasteiger partial charge is 0.379 e. The Morgan fingerprint density at radius 2 is 2.17 bits per heavy atom. The van der Waals surface area contributed by atoms with Crippen LogP contribution in [-0.2, 0) is 4.74 Å². The topological polar surface area (TPSA) is 47.6 Å². The van der Waals surface area contributed by atoms with E-state index in [0.29, 0.717) is 0 Å². The van der Waals surface area contributed by atoms with Crippen LogP contribution in [0.3, 0.4) is 0 Å². The molecule has 1 fully saturated rings. The normalized spacial score (nSPS) is 31.0. The molecular weight excluding hydrogens is 172 g/mol. The number of amidine groups is 1. The Morgan fingerprint density at radius 3 is 2.58 bits per heavy atom. The SMILES string of the molecule is CC1(C)CC2(COC2)SC(N)=N1. The Hall–Kier alpha value is -0.220. The lowest BCUT2D eigenvalue weighted by Crippen LogP contribution is -2.54. The van der Waals surface area contributed by atoms with Crippen LogP contribution in [0.1, 0.15) is 20.3 Å². The minimum absolute atomic E-state index is 0.000880. The van der Waals surface area contributed by atoms with Crippen molar-refractivity contribution in [3.05, 3.63) is 0 Å². The van der Waals surface area contributed by atoms with E-state index in [1.165, 1.54) is 0 Å². The summed E-state index contributed by atoms with van der Waals surface area (Å²) in [4.78, 5) is 4.39. The van der Waals surface area contributed by atoms with Gasteiger partial charge in [-0.2, -0.15) is 0 Å². The van der Waals surface area contributed by atoms with Gasteiger partial charge in [-0.3, -0.25) is 4.99 Å². The third kappa shape index (κ3) is 1.33. The van der Waals surface area contributed by atoms with E-state index in [1.807, 2.05) is 0 Å². The molecule has 0 aliphatic carbocycles. The predicted molar refractivity (Wildman–Crippen MR) is 51.5 cm³/mol. The fourth-order valence-corrected chi connectivity index (χ4v) is 3.34. The van der Waals surface area contributed by atoms with Crippen LogP contribution in [0.4, 0.5) is 0 Å². The van der Waals surface area contributed by atoms with Crippen LogP contribution in [0.15, 0.2) is 4.99 Å². The van der Waals surface area contributed by atoms with Crippen molar-refractivity contribution in [2.75, 3.05) is 13.2 Å². The average Bonchev–Trinajstić information content (AvgIpc) is 1.79. The van der Waals surface area contributed by atoms with Crippen molar-refractivity contribution in [3.63, 3.8) is 0 Å². The van der Waals surface area contributed by atoms with E-state index in [9.17, 15) is 0 Å². The molecule has 0 unspecified atom stereocenters. The smallest absolute Gasteiger partial charge is 0.155 e. The van der Waals surface area contributed by atoms with Gasteiger partial charge in [-0.15, -0.1) is 0 Å². The molecular formula is C8H14N2OS. The Bertz CT molecular complexity index is 233. The van der Waals surface area contributed by atoms with Crippen LogP contribution >= 0.6 is 11.8 Å². The van der Waals surface area contributed by atoms with Gasteiger partial charge >= 0.3 is 0 Å².